The third-order valence-electron chi connectivity index (χ3n) is 8.39. The summed E-state index contributed by atoms with van der Waals surface area (Å²) in [5, 5.41) is 2.72. The van der Waals surface area contributed by atoms with E-state index < -0.39 is 0 Å². The highest BCUT2D eigenvalue weighted by molar-refractivity contribution is 6.08. The monoisotopic (exact) mass is 707 g/mol. The Kier molecular flexibility index (Phi) is 14.6. The number of methoxy groups -OCH3 is 1. The summed E-state index contributed by atoms with van der Waals surface area (Å²) in [5.41, 5.74) is 1.59. The van der Waals surface area contributed by atoms with Gasteiger partial charge in [0, 0.05) is 35.4 Å². The SMILES string of the molecule is C=C(Oc1ccc2c(c1)c(Oc1ccc(OCCOCCCC)cc1)nc1cc(OC)ccc12)c1ccc(OCCCCCCOC(=O)CC)cc1. The van der Waals surface area contributed by atoms with Crippen molar-refractivity contribution in [3.8, 4) is 34.6 Å². The molecule has 9 nitrogen and oxygen atoms in total. The van der Waals surface area contributed by atoms with E-state index in [4.69, 9.17) is 38.1 Å². The topological polar surface area (TPSA) is 94.6 Å². The first kappa shape index (κ1) is 38.0. The Morgan fingerprint density at radius 1 is 0.635 bits per heavy atom. The van der Waals surface area contributed by atoms with Crippen molar-refractivity contribution in [1.29, 1.82) is 0 Å². The number of aromatic nitrogens is 1. The van der Waals surface area contributed by atoms with Crippen LogP contribution in [-0.2, 0) is 14.3 Å². The molecule has 1 heterocycles. The first-order valence-corrected chi connectivity index (χ1v) is 18.1. The molecule has 0 atom stereocenters. The minimum atomic E-state index is -0.145. The highest BCUT2D eigenvalue weighted by atomic mass is 16.5. The molecule has 0 fully saturated rings. The minimum Gasteiger partial charge on any atom is -0.497 e. The fourth-order valence-corrected chi connectivity index (χ4v) is 5.46. The second kappa shape index (κ2) is 19.9. The average molecular weight is 708 g/mol. The van der Waals surface area contributed by atoms with Gasteiger partial charge in [0.2, 0.25) is 5.88 Å². The number of carbonyl (C=O) groups excluding carboxylic acids is 1. The van der Waals surface area contributed by atoms with Crippen molar-refractivity contribution in [3.05, 3.63) is 97.1 Å². The summed E-state index contributed by atoms with van der Waals surface area (Å²) in [6.45, 7) is 11.0. The maximum atomic E-state index is 11.2. The van der Waals surface area contributed by atoms with E-state index in [2.05, 4.69) is 13.5 Å². The Morgan fingerprint density at radius 2 is 1.29 bits per heavy atom. The van der Waals surface area contributed by atoms with E-state index in [0.29, 0.717) is 61.7 Å². The lowest BCUT2D eigenvalue weighted by atomic mass is 10.1. The number of unbranched alkanes of at least 4 members (excludes halogenated alkanes) is 4. The molecule has 0 saturated carbocycles. The van der Waals surface area contributed by atoms with Gasteiger partial charge in [0.15, 0.2) is 0 Å². The Bertz CT molecular complexity index is 1890. The molecule has 0 aliphatic heterocycles. The van der Waals surface area contributed by atoms with Crippen molar-refractivity contribution in [2.45, 2.75) is 58.8 Å². The minimum absolute atomic E-state index is 0.145. The molecule has 0 aliphatic carbocycles. The number of ether oxygens (including phenoxy) is 7. The summed E-state index contributed by atoms with van der Waals surface area (Å²) in [6.07, 6.45) is 6.39. The number of hydrogen-bond donors (Lipinski definition) is 0. The third-order valence-corrected chi connectivity index (χ3v) is 8.39. The molecular formula is C43H49NO8. The summed E-state index contributed by atoms with van der Waals surface area (Å²) in [7, 11) is 1.64. The average Bonchev–Trinajstić information content (AvgIpc) is 3.17. The van der Waals surface area contributed by atoms with Crippen molar-refractivity contribution in [1.82, 2.24) is 4.98 Å². The fraction of sp³-hybridized carbons (Fsp3) is 0.349. The van der Waals surface area contributed by atoms with Crippen LogP contribution in [0, 0.1) is 0 Å². The van der Waals surface area contributed by atoms with Gasteiger partial charge in [-0.15, -0.1) is 0 Å². The number of esters is 1. The summed E-state index contributed by atoms with van der Waals surface area (Å²) in [6, 6.07) is 26.9. The molecule has 0 N–H and O–H groups in total. The van der Waals surface area contributed by atoms with Gasteiger partial charge >= 0.3 is 5.97 Å². The van der Waals surface area contributed by atoms with Crippen LogP contribution in [0.5, 0.6) is 34.6 Å². The van der Waals surface area contributed by atoms with Gasteiger partial charge in [0.1, 0.15) is 41.1 Å². The fourth-order valence-electron chi connectivity index (χ4n) is 5.46. The van der Waals surface area contributed by atoms with E-state index >= 15 is 0 Å². The Balaban J connectivity index is 1.22. The van der Waals surface area contributed by atoms with Crippen molar-refractivity contribution in [2.75, 3.05) is 40.1 Å². The van der Waals surface area contributed by atoms with Gasteiger partial charge in [-0.05, 0) is 116 Å². The van der Waals surface area contributed by atoms with E-state index in [9.17, 15) is 4.79 Å². The summed E-state index contributed by atoms with van der Waals surface area (Å²) in [4.78, 5) is 16.1. The second-order valence-corrected chi connectivity index (χ2v) is 12.3. The lowest BCUT2D eigenvalue weighted by Crippen LogP contribution is -2.07. The molecule has 0 amide bonds. The predicted molar refractivity (Wildman–Crippen MR) is 205 cm³/mol. The number of nitrogens with zero attached hydrogens (tertiary/aromatic N) is 1. The van der Waals surface area contributed by atoms with Gasteiger partial charge in [0.05, 0.1) is 32.4 Å². The molecule has 0 bridgehead atoms. The van der Waals surface area contributed by atoms with Crippen LogP contribution in [0.15, 0.2) is 91.5 Å². The first-order chi connectivity index (χ1) is 25.5. The van der Waals surface area contributed by atoms with E-state index in [1.807, 2.05) is 84.9 Å². The van der Waals surface area contributed by atoms with Crippen LogP contribution in [0.3, 0.4) is 0 Å². The third kappa shape index (κ3) is 11.1. The van der Waals surface area contributed by atoms with Crippen LogP contribution in [0.1, 0.15) is 64.4 Å². The molecule has 0 spiro atoms. The summed E-state index contributed by atoms with van der Waals surface area (Å²) in [5.74, 6) is 4.25. The normalized spacial score (nSPS) is 11.0. The molecule has 52 heavy (non-hydrogen) atoms. The first-order valence-electron chi connectivity index (χ1n) is 18.1. The Hall–Kier alpha value is -5.28. The van der Waals surface area contributed by atoms with Crippen molar-refractivity contribution in [3.63, 3.8) is 0 Å². The van der Waals surface area contributed by atoms with Crippen LogP contribution >= 0.6 is 0 Å². The van der Waals surface area contributed by atoms with Crippen LogP contribution in [0.2, 0.25) is 0 Å². The lowest BCUT2D eigenvalue weighted by Gasteiger charge is -2.15. The Labute approximate surface area is 306 Å². The van der Waals surface area contributed by atoms with E-state index in [1.54, 1.807) is 14.0 Å². The van der Waals surface area contributed by atoms with Crippen LogP contribution in [0.4, 0.5) is 0 Å². The Morgan fingerprint density at radius 3 is 2.02 bits per heavy atom. The maximum Gasteiger partial charge on any atom is 0.305 e. The highest BCUT2D eigenvalue weighted by Crippen LogP contribution is 2.37. The zero-order chi connectivity index (χ0) is 36.5. The molecule has 9 heteroatoms. The standard InChI is InChI=1S/C43H49NO8/c1-5-7-24-47-27-28-49-34-16-18-35(19-17-34)52-43-40-29-37(21-22-38(40)39-23-20-36(46-4)30-41(39)44-43)51-31(3)32-12-14-33(15-13-32)48-25-10-8-9-11-26-50-42(45)6-2/h12-23,29-30H,3,5-11,24-28H2,1-2,4H3. The van der Waals surface area contributed by atoms with Gasteiger partial charge in [-0.1, -0.05) is 26.8 Å². The molecule has 5 rings (SSSR count). The lowest BCUT2D eigenvalue weighted by molar-refractivity contribution is -0.143. The molecule has 274 valence electrons. The van der Waals surface area contributed by atoms with Crippen molar-refractivity contribution < 1.29 is 38.0 Å². The molecule has 0 aliphatic rings. The van der Waals surface area contributed by atoms with Crippen LogP contribution in [0.25, 0.3) is 27.4 Å². The van der Waals surface area contributed by atoms with Gasteiger partial charge in [-0.3, -0.25) is 4.79 Å². The molecule has 0 radical (unpaired) electrons. The van der Waals surface area contributed by atoms with Crippen molar-refractivity contribution >= 4 is 33.4 Å². The summed E-state index contributed by atoms with van der Waals surface area (Å²) < 4.78 is 40.6. The molecule has 0 unspecified atom stereocenters. The predicted octanol–water partition coefficient (Wildman–Crippen LogP) is 10.3. The van der Waals surface area contributed by atoms with Gasteiger partial charge in [0.25, 0.3) is 0 Å². The molecule has 1 aromatic heterocycles. The maximum absolute atomic E-state index is 11.2. The zero-order valence-corrected chi connectivity index (χ0v) is 30.5. The molecule has 0 saturated heterocycles. The second-order valence-electron chi connectivity index (χ2n) is 12.3. The highest BCUT2D eigenvalue weighted by Gasteiger charge is 2.14. The van der Waals surface area contributed by atoms with E-state index in [1.165, 1.54) is 0 Å². The van der Waals surface area contributed by atoms with Gasteiger partial charge < -0.3 is 33.2 Å². The molecular weight excluding hydrogens is 658 g/mol. The van der Waals surface area contributed by atoms with Crippen LogP contribution in [-0.4, -0.2) is 51.1 Å². The number of rotatable bonds is 22. The van der Waals surface area contributed by atoms with Gasteiger partial charge in [-0.2, -0.15) is 0 Å². The number of benzene rings is 4. The van der Waals surface area contributed by atoms with Gasteiger partial charge in [-0.25, -0.2) is 4.98 Å². The summed E-state index contributed by atoms with van der Waals surface area (Å²) >= 11 is 0. The number of pyridine rings is 1. The zero-order valence-electron chi connectivity index (χ0n) is 30.5. The number of carbonyl (C=O) groups is 1. The quantitative estimate of drug-likeness (QED) is 0.0301. The number of fused-ring (bicyclic) bond motifs is 3. The largest absolute Gasteiger partial charge is 0.497 e. The van der Waals surface area contributed by atoms with E-state index in [0.717, 1.165) is 83.9 Å². The van der Waals surface area contributed by atoms with Crippen LogP contribution < -0.4 is 23.7 Å². The molecule has 5 aromatic rings. The molecule has 4 aromatic carbocycles. The van der Waals surface area contributed by atoms with E-state index in [-0.39, 0.29) is 5.97 Å². The smallest absolute Gasteiger partial charge is 0.305 e. The van der Waals surface area contributed by atoms with Crippen molar-refractivity contribution in [2.24, 2.45) is 0 Å². The number of hydrogen-bond acceptors (Lipinski definition) is 9.